The highest BCUT2D eigenvalue weighted by Crippen LogP contribution is 2.39. The Balaban J connectivity index is 1.44. The third kappa shape index (κ3) is 4.32. The van der Waals surface area contributed by atoms with E-state index in [0.29, 0.717) is 16.6 Å². The second-order valence-electron chi connectivity index (χ2n) is 7.26. The number of rotatable bonds is 5. The van der Waals surface area contributed by atoms with Crippen LogP contribution in [0.2, 0.25) is 0 Å². The van der Waals surface area contributed by atoms with Gasteiger partial charge in [0.05, 0.1) is 17.1 Å². The van der Waals surface area contributed by atoms with Crippen molar-refractivity contribution in [3.63, 3.8) is 0 Å². The number of aryl methyl sites for hydroxylation is 2. The van der Waals surface area contributed by atoms with E-state index in [4.69, 9.17) is 9.72 Å². The van der Waals surface area contributed by atoms with Gasteiger partial charge in [-0.05, 0) is 44.2 Å². The van der Waals surface area contributed by atoms with Crippen molar-refractivity contribution in [1.82, 2.24) is 20.2 Å². The number of hydrogen-bond donors (Lipinski definition) is 1. The molecule has 1 aliphatic rings. The van der Waals surface area contributed by atoms with Crippen molar-refractivity contribution >= 4 is 45.3 Å². The summed E-state index contributed by atoms with van der Waals surface area (Å²) in [6.07, 6.45) is 1.74. The molecule has 0 unspecified atom stereocenters. The van der Waals surface area contributed by atoms with Gasteiger partial charge < -0.3 is 4.74 Å². The summed E-state index contributed by atoms with van der Waals surface area (Å²) in [6, 6.07) is 11.2. The van der Waals surface area contributed by atoms with E-state index in [-0.39, 0.29) is 25.0 Å². The van der Waals surface area contributed by atoms with E-state index in [1.165, 1.54) is 16.2 Å². The zero-order valence-electron chi connectivity index (χ0n) is 17.7. The lowest BCUT2D eigenvalue weighted by Crippen LogP contribution is -2.43. The highest BCUT2D eigenvalue weighted by atomic mass is 32.1. The molecule has 0 saturated heterocycles. The first-order valence-corrected chi connectivity index (χ1v) is 11.7. The van der Waals surface area contributed by atoms with Crippen molar-refractivity contribution in [3.8, 4) is 27.7 Å². The van der Waals surface area contributed by atoms with Crippen molar-refractivity contribution in [2.75, 3.05) is 23.4 Å². The number of hydrogen-bond acceptors (Lipinski definition) is 9. The molecule has 33 heavy (non-hydrogen) atoms. The van der Waals surface area contributed by atoms with Gasteiger partial charge in [0, 0.05) is 16.6 Å². The van der Waals surface area contributed by atoms with Gasteiger partial charge in [-0.2, -0.15) is 0 Å². The van der Waals surface area contributed by atoms with Gasteiger partial charge in [-0.1, -0.05) is 17.4 Å². The monoisotopic (exact) mass is 478 g/mol. The number of carbonyl (C=O) groups excluding carboxylic acids is 2. The minimum absolute atomic E-state index is 0.128. The first kappa shape index (κ1) is 21.2. The summed E-state index contributed by atoms with van der Waals surface area (Å²) in [6.45, 7) is 3.51. The number of carbonyl (C=O) groups is 2. The maximum absolute atomic E-state index is 12.6. The van der Waals surface area contributed by atoms with E-state index in [2.05, 4.69) is 20.5 Å². The third-order valence-electron chi connectivity index (χ3n) is 4.93. The van der Waals surface area contributed by atoms with E-state index >= 15 is 0 Å². The van der Waals surface area contributed by atoms with E-state index in [1.807, 2.05) is 37.3 Å². The molecular weight excluding hydrogens is 460 g/mol. The lowest BCUT2D eigenvalue weighted by Gasteiger charge is -2.29. The maximum atomic E-state index is 12.6. The predicted molar refractivity (Wildman–Crippen MR) is 127 cm³/mol. The minimum atomic E-state index is -0.361. The summed E-state index contributed by atoms with van der Waals surface area (Å²) < 4.78 is 5.59. The Bertz CT molecular complexity index is 1350. The number of pyridine rings is 1. The Hall–Kier alpha value is -3.70. The van der Waals surface area contributed by atoms with Gasteiger partial charge in [-0.15, -0.1) is 21.5 Å². The highest BCUT2D eigenvalue weighted by Gasteiger charge is 2.28. The Kier molecular flexibility index (Phi) is 5.56. The molecule has 5 rings (SSSR count). The van der Waals surface area contributed by atoms with Crippen LogP contribution in [-0.2, 0) is 9.59 Å². The van der Waals surface area contributed by atoms with Gasteiger partial charge >= 0.3 is 0 Å². The second-order valence-corrected chi connectivity index (χ2v) is 9.65. The SMILES string of the molecule is Cc1nnc(NC(=O)CN2C(=O)COc3ccc(-c4nc(-c5ccccn5)sc4C)cc32)s1. The van der Waals surface area contributed by atoms with Crippen LogP contribution in [-0.4, -0.2) is 45.1 Å². The van der Waals surface area contributed by atoms with Crippen LogP contribution in [0.4, 0.5) is 10.8 Å². The number of anilines is 2. The fourth-order valence-electron chi connectivity index (χ4n) is 3.44. The average molecular weight is 479 g/mol. The van der Waals surface area contributed by atoms with E-state index in [1.54, 1.807) is 30.5 Å². The topological polar surface area (TPSA) is 110 Å². The molecule has 2 amide bonds. The predicted octanol–water partition coefficient (Wildman–Crippen LogP) is 3.70. The first-order valence-electron chi connectivity index (χ1n) is 10.0. The molecule has 1 aromatic carbocycles. The molecule has 0 fully saturated rings. The molecule has 11 heteroatoms. The molecule has 0 saturated carbocycles. The molecule has 1 aliphatic heterocycles. The Morgan fingerprint density at radius 1 is 1.18 bits per heavy atom. The number of nitrogens with one attached hydrogen (secondary N) is 1. The van der Waals surface area contributed by atoms with Gasteiger partial charge in [0.1, 0.15) is 22.3 Å². The second kappa shape index (κ2) is 8.68. The van der Waals surface area contributed by atoms with E-state index < -0.39 is 0 Å². The van der Waals surface area contributed by atoms with Crippen LogP contribution in [0.15, 0.2) is 42.6 Å². The largest absolute Gasteiger partial charge is 0.482 e. The van der Waals surface area contributed by atoms with Crippen LogP contribution in [0, 0.1) is 13.8 Å². The summed E-state index contributed by atoms with van der Waals surface area (Å²) >= 11 is 2.83. The molecule has 3 aromatic heterocycles. The minimum Gasteiger partial charge on any atom is -0.482 e. The number of aromatic nitrogens is 4. The fraction of sp³-hybridized carbons (Fsp3) is 0.182. The summed E-state index contributed by atoms with van der Waals surface area (Å²) in [5.41, 5.74) is 2.96. The quantitative estimate of drug-likeness (QED) is 0.466. The smallest absolute Gasteiger partial charge is 0.265 e. The van der Waals surface area contributed by atoms with Crippen LogP contribution < -0.4 is 15.0 Å². The van der Waals surface area contributed by atoms with Crippen molar-refractivity contribution in [2.24, 2.45) is 0 Å². The molecule has 0 bridgehead atoms. The van der Waals surface area contributed by atoms with Gasteiger partial charge in [0.25, 0.3) is 5.91 Å². The molecule has 0 atom stereocenters. The molecular formula is C22H18N6O3S2. The van der Waals surface area contributed by atoms with Crippen molar-refractivity contribution in [3.05, 3.63) is 52.5 Å². The molecule has 0 spiro atoms. The van der Waals surface area contributed by atoms with Gasteiger partial charge in [0.15, 0.2) is 6.61 Å². The van der Waals surface area contributed by atoms with Gasteiger partial charge in [0.2, 0.25) is 11.0 Å². The zero-order valence-corrected chi connectivity index (χ0v) is 19.4. The van der Waals surface area contributed by atoms with Crippen LogP contribution in [0.25, 0.3) is 22.0 Å². The molecule has 0 radical (unpaired) electrons. The van der Waals surface area contributed by atoms with E-state index in [9.17, 15) is 9.59 Å². The average Bonchev–Trinajstić information content (AvgIpc) is 3.41. The number of fused-ring (bicyclic) bond motifs is 1. The van der Waals surface area contributed by atoms with Gasteiger partial charge in [-0.25, -0.2) is 4.98 Å². The van der Waals surface area contributed by atoms with Crippen molar-refractivity contribution < 1.29 is 14.3 Å². The van der Waals surface area contributed by atoms with Crippen LogP contribution in [0.1, 0.15) is 9.88 Å². The van der Waals surface area contributed by atoms with Crippen LogP contribution in [0.3, 0.4) is 0 Å². The summed E-state index contributed by atoms with van der Waals surface area (Å²) in [5.74, 6) is -0.122. The molecule has 4 aromatic rings. The molecule has 166 valence electrons. The number of amides is 2. The zero-order chi connectivity index (χ0) is 22.9. The molecule has 1 N–H and O–H groups in total. The fourth-order valence-corrected chi connectivity index (χ4v) is 4.96. The Labute approximate surface area is 197 Å². The number of ether oxygens (including phenoxy) is 1. The van der Waals surface area contributed by atoms with Gasteiger partial charge in [-0.3, -0.25) is 24.8 Å². The molecule has 9 nitrogen and oxygen atoms in total. The lowest BCUT2D eigenvalue weighted by atomic mass is 10.1. The summed E-state index contributed by atoms with van der Waals surface area (Å²) in [5, 5.41) is 12.4. The van der Waals surface area contributed by atoms with E-state index in [0.717, 1.165) is 31.8 Å². The molecule has 0 aliphatic carbocycles. The summed E-state index contributed by atoms with van der Waals surface area (Å²) in [7, 11) is 0. The Morgan fingerprint density at radius 3 is 2.82 bits per heavy atom. The number of thiazole rings is 1. The van der Waals surface area contributed by atoms with Crippen LogP contribution in [0.5, 0.6) is 5.75 Å². The first-order chi connectivity index (χ1) is 16.0. The van der Waals surface area contributed by atoms with Crippen molar-refractivity contribution in [2.45, 2.75) is 13.8 Å². The normalized spacial score (nSPS) is 12.9. The molecule has 4 heterocycles. The number of nitrogens with zero attached hydrogens (tertiary/aromatic N) is 5. The van der Waals surface area contributed by atoms with Crippen molar-refractivity contribution in [1.29, 1.82) is 0 Å². The highest BCUT2D eigenvalue weighted by molar-refractivity contribution is 7.15. The summed E-state index contributed by atoms with van der Waals surface area (Å²) in [4.78, 5) is 36.8. The maximum Gasteiger partial charge on any atom is 0.265 e. The number of benzene rings is 1. The Morgan fingerprint density at radius 2 is 2.06 bits per heavy atom. The van der Waals surface area contributed by atoms with Crippen LogP contribution >= 0.6 is 22.7 Å². The standard InChI is InChI=1S/C22H18N6O3S2/c1-12-20(25-21(32-12)15-5-3-4-8-23-15)14-6-7-17-16(9-14)28(19(30)11-31-17)10-18(29)24-22-27-26-13(2)33-22/h3-9H,10-11H2,1-2H3,(H,24,27,29). The lowest BCUT2D eigenvalue weighted by molar-refractivity contribution is -0.123. The third-order valence-corrected chi connectivity index (χ3v) is 6.68.